The minimum Gasteiger partial charge on any atom is -0.496 e. The molecule has 0 aliphatic heterocycles. The lowest BCUT2D eigenvalue weighted by Crippen LogP contribution is -2.04. The number of hydrogen-bond acceptors (Lipinski definition) is 5. The molecule has 0 unspecified atom stereocenters. The summed E-state index contributed by atoms with van der Waals surface area (Å²) in [5.41, 5.74) is 4.45. The largest absolute Gasteiger partial charge is 0.496 e. The summed E-state index contributed by atoms with van der Waals surface area (Å²) >= 11 is 0. The van der Waals surface area contributed by atoms with E-state index in [1.807, 2.05) is 50.2 Å². The smallest absolute Gasteiger partial charge is 0.302 e. The number of aryl methyl sites for hydroxylation is 2. The van der Waals surface area contributed by atoms with E-state index in [0.717, 1.165) is 28.2 Å². The van der Waals surface area contributed by atoms with Crippen LogP contribution in [0.3, 0.4) is 0 Å². The standard InChI is InChI=1S/C12H16O3.C10H14O2/c1-9-4-5-11(12(8-9)14-3)6-7-15-10(2)13;1-8-3-4-9(5-6-11)10(7-8)12-2/h4-5,8H,6-7H2,1-3H3;3-4,7,11H,5-6H2,1-2H3. The maximum Gasteiger partial charge on any atom is 0.302 e. The monoisotopic (exact) mass is 374 g/mol. The Labute approximate surface area is 161 Å². The van der Waals surface area contributed by atoms with Crippen LogP contribution in [-0.4, -0.2) is 38.5 Å². The summed E-state index contributed by atoms with van der Waals surface area (Å²) in [4.78, 5) is 10.6. The maximum atomic E-state index is 10.6. The lowest BCUT2D eigenvalue weighted by atomic mass is 10.1. The van der Waals surface area contributed by atoms with Gasteiger partial charge in [-0.15, -0.1) is 0 Å². The minimum absolute atomic E-state index is 0.166. The van der Waals surface area contributed by atoms with Gasteiger partial charge in [-0.25, -0.2) is 0 Å². The van der Waals surface area contributed by atoms with Crippen LogP contribution in [0.1, 0.15) is 29.2 Å². The van der Waals surface area contributed by atoms with E-state index in [1.54, 1.807) is 14.2 Å². The lowest BCUT2D eigenvalue weighted by molar-refractivity contribution is -0.140. The third-order valence-electron chi connectivity index (χ3n) is 3.94. The Morgan fingerprint density at radius 2 is 1.37 bits per heavy atom. The van der Waals surface area contributed by atoms with Gasteiger partial charge < -0.3 is 19.3 Å². The van der Waals surface area contributed by atoms with Crippen LogP contribution in [0.5, 0.6) is 11.5 Å². The molecule has 2 aromatic rings. The molecule has 0 spiro atoms. The highest BCUT2D eigenvalue weighted by Crippen LogP contribution is 2.21. The summed E-state index contributed by atoms with van der Waals surface area (Å²) in [6, 6.07) is 12.0. The number of ether oxygens (including phenoxy) is 3. The van der Waals surface area contributed by atoms with Gasteiger partial charge in [0.25, 0.3) is 0 Å². The molecule has 0 fully saturated rings. The average molecular weight is 374 g/mol. The van der Waals surface area contributed by atoms with Crippen LogP contribution in [-0.2, 0) is 22.4 Å². The Morgan fingerprint density at radius 1 is 0.889 bits per heavy atom. The maximum absolute atomic E-state index is 10.6. The molecule has 0 atom stereocenters. The van der Waals surface area contributed by atoms with E-state index in [2.05, 4.69) is 0 Å². The van der Waals surface area contributed by atoms with Gasteiger partial charge in [0.1, 0.15) is 11.5 Å². The van der Waals surface area contributed by atoms with Gasteiger partial charge in [-0.1, -0.05) is 24.3 Å². The first kappa shape index (κ1) is 22.5. The fourth-order valence-corrected chi connectivity index (χ4v) is 2.54. The van der Waals surface area contributed by atoms with Crippen molar-refractivity contribution >= 4 is 5.97 Å². The molecule has 0 saturated heterocycles. The number of methoxy groups -OCH3 is 2. The first-order chi connectivity index (χ1) is 12.9. The van der Waals surface area contributed by atoms with Gasteiger partial charge in [0.15, 0.2) is 0 Å². The topological polar surface area (TPSA) is 65.0 Å². The number of hydrogen-bond donors (Lipinski definition) is 1. The highest BCUT2D eigenvalue weighted by molar-refractivity contribution is 5.65. The molecule has 27 heavy (non-hydrogen) atoms. The van der Waals surface area contributed by atoms with Crippen LogP contribution < -0.4 is 9.47 Å². The zero-order chi connectivity index (χ0) is 20.2. The summed E-state index contributed by atoms with van der Waals surface area (Å²) in [5, 5.41) is 8.75. The van der Waals surface area contributed by atoms with Crippen molar-refractivity contribution in [3.05, 3.63) is 58.7 Å². The van der Waals surface area contributed by atoms with Gasteiger partial charge in [-0.2, -0.15) is 0 Å². The molecular weight excluding hydrogens is 344 g/mol. The summed E-state index contributed by atoms with van der Waals surface area (Å²) < 4.78 is 15.3. The fraction of sp³-hybridized carbons (Fsp3) is 0.409. The predicted molar refractivity (Wildman–Crippen MR) is 107 cm³/mol. The van der Waals surface area contributed by atoms with E-state index in [9.17, 15) is 4.79 Å². The number of esters is 1. The number of aliphatic hydroxyl groups is 1. The molecule has 148 valence electrons. The molecule has 1 N–H and O–H groups in total. The molecule has 0 aromatic heterocycles. The third kappa shape index (κ3) is 8.13. The van der Waals surface area contributed by atoms with Crippen LogP contribution in [0.15, 0.2) is 36.4 Å². The minimum atomic E-state index is -0.249. The molecule has 5 heteroatoms. The first-order valence-corrected chi connectivity index (χ1v) is 8.92. The van der Waals surface area contributed by atoms with E-state index >= 15 is 0 Å². The van der Waals surface area contributed by atoms with Gasteiger partial charge in [-0.05, 0) is 54.7 Å². The van der Waals surface area contributed by atoms with Crippen molar-refractivity contribution in [3.8, 4) is 11.5 Å². The van der Waals surface area contributed by atoms with E-state index in [4.69, 9.17) is 19.3 Å². The van der Waals surface area contributed by atoms with Gasteiger partial charge in [0.05, 0.1) is 20.8 Å². The number of carbonyl (C=O) groups excluding carboxylic acids is 1. The van der Waals surface area contributed by atoms with E-state index in [1.165, 1.54) is 12.5 Å². The first-order valence-electron chi connectivity index (χ1n) is 8.92. The molecule has 0 radical (unpaired) electrons. The molecule has 0 bridgehead atoms. The molecule has 2 rings (SSSR count). The van der Waals surface area contributed by atoms with Crippen LogP contribution in [0.4, 0.5) is 0 Å². The molecule has 0 aliphatic carbocycles. The molecule has 0 amide bonds. The second kappa shape index (κ2) is 12.0. The highest BCUT2D eigenvalue weighted by atomic mass is 16.5. The Morgan fingerprint density at radius 3 is 1.78 bits per heavy atom. The van der Waals surface area contributed by atoms with Crippen molar-refractivity contribution in [1.29, 1.82) is 0 Å². The normalized spacial score (nSPS) is 9.85. The third-order valence-corrected chi connectivity index (χ3v) is 3.94. The van der Waals surface area contributed by atoms with Gasteiger partial charge >= 0.3 is 5.97 Å². The number of aliphatic hydroxyl groups excluding tert-OH is 1. The van der Waals surface area contributed by atoms with Gasteiger partial charge in [0, 0.05) is 20.0 Å². The summed E-state index contributed by atoms with van der Waals surface area (Å²) in [6.45, 7) is 6.00. The lowest BCUT2D eigenvalue weighted by Gasteiger charge is -2.09. The molecule has 5 nitrogen and oxygen atoms in total. The fourth-order valence-electron chi connectivity index (χ4n) is 2.54. The Kier molecular flexibility index (Phi) is 9.98. The second-order valence-electron chi connectivity index (χ2n) is 6.19. The zero-order valence-electron chi connectivity index (χ0n) is 16.9. The van der Waals surface area contributed by atoms with Crippen molar-refractivity contribution in [3.63, 3.8) is 0 Å². The van der Waals surface area contributed by atoms with Crippen molar-refractivity contribution in [2.45, 2.75) is 33.6 Å². The highest BCUT2D eigenvalue weighted by Gasteiger charge is 2.04. The predicted octanol–water partition coefficient (Wildman–Crippen LogP) is 3.65. The number of benzene rings is 2. The Bertz CT molecular complexity index is 725. The molecule has 0 heterocycles. The Balaban J connectivity index is 0.000000277. The summed E-state index contributed by atoms with van der Waals surface area (Å²) in [5.74, 6) is 1.47. The molecule has 2 aromatic carbocycles. The Hall–Kier alpha value is -2.53. The zero-order valence-corrected chi connectivity index (χ0v) is 16.9. The van der Waals surface area contributed by atoms with Gasteiger partial charge in [0.2, 0.25) is 0 Å². The molecular formula is C22H30O5. The van der Waals surface area contributed by atoms with Crippen LogP contribution >= 0.6 is 0 Å². The molecule has 0 saturated carbocycles. The quantitative estimate of drug-likeness (QED) is 0.750. The second-order valence-corrected chi connectivity index (χ2v) is 6.19. The van der Waals surface area contributed by atoms with Gasteiger partial charge in [-0.3, -0.25) is 4.79 Å². The van der Waals surface area contributed by atoms with Crippen LogP contribution in [0, 0.1) is 13.8 Å². The van der Waals surface area contributed by atoms with E-state index in [0.29, 0.717) is 19.4 Å². The van der Waals surface area contributed by atoms with E-state index < -0.39 is 0 Å². The summed E-state index contributed by atoms with van der Waals surface area (Å²) in [6.07, 6.45) is 1.34. The van der Waals surface area contributed by atoms with Crippen molar-refractivity contribution in [1.82, 2.24) is 0 Å². The van der Waals surface area contributed by atoms with Crippen molar-refractivity contribution < 1.29 is 24.1 Å². The molecule has 0 aliphatic rings. The van der Waals surface area contributed by atoms with Crippen molar-refractivity contribution in [2.24, 2.45) is 0 Å². The van der Waals surface area contributed by atoms with Crippen LogP contribution in [0.25, 0.3) is 0 Å². The number of rotatable bonds is 7. The average Bonchev–Trinajstić information content (AvgIpc) is 2.64. The van der Waals surface area contributed by atoms with Crippen molar-refractivity contribution in [2.75, 3.05) is 27.4 Å². The van der Waals surface area contributed by atoms with Crippen LogP contribution in [0.2, 0.25) is 0 Å². The number of carbonyl (C=O) groups is 1. The van der Waals surface area contributed by atoms with E-state index in [-0.39, 0.29) is 12.6 Å². The SMILES string of the molecule is COc1cc(C)ccc1CCO.COc1cc(C)ccc1CCOC(C)=O. The summed E-state index contributed by atoms with van der Waals surface area (Å²) in [7, 11) is 3.29.